The normalized spacial score (nSPS) is 20.4. The molecule has 1 heterocycles. The molecule has 1 N–H and O–H groups in total. The molecule has 1 aliphatic rings. The fourth-order valence-corrected chi connectivity index (χ4v) is 5.21. The van der Waals surface area contributed by atoms with E-state index >= 15 is 0 Å². The number of halogens is 2. The molecule has 0 radical (unpaired) electrons. The van der Waals surface area contributed by atoms with E-state index in [-0.39, 0.29) is 31.0 Å². The monoisotopic (exact) mass is 441 g/mol. The average Bonchev–Trinajstić information content (AvgIpc) is 2.37. The molecular formula is C12H13Br2NO5S. The number of carboxylic acids is 1. The Morgan fingerprint density at radius 3 is 2.76 bits per heavy atom. The summed E-state index contributed by atoms with van der Waals surface area (Å²) in [6.07, 6.45) is -0.840. The van der Waals surface area contributed by atoms with Gasteiger partial charge in [-0.1, -0.05) is 15.9 Å². The minimum Gasteiger partial charge on any atom is -0.481 e. The molecule has 2 rings (SSSR count). The lowest BCUT2D eigenvalue weighted by Crippen LogP contribution is -2.46. The Hall–Kier alpha value is -0.480. The van der Waals surface area contributed by atoms with Crippen molar-refractivity contribution in [2.45, 2.75) is 17.4 Å². The molecule has 6 nitrogen and oxygen atoms in total. The Balaban J connectivity index is 2.24. The second-order valence-corrected chi connectivity index (χ2v) is 8.20. The summed E-state index contributed by atoms with van der Waals surface area (Å²) in [6.45, 7) is 0.434. The Kier molecular flexibility index (Phi) is 5.42. The molecule has 116 valence electrons. The summed E-state index contributed by atoms with van der Waals surface area (Å²) >= 11 is 6.52. The third kappa shape index (κ3) is 4.04. The number of benzene rings is 1. The van der Waals surface area contributed by atoms with E-state index in [2.05, 4.69) is 31.9 Å². The first-order valence-electron chi connectivity index (χ1n) is 6.09. The Labute approximate surface area is 139 Å². The molecule has 0 spiro atoms. The molecule has 0 bridgehead atoms. The quantitative estimate of drug-likeness (QED) is 0.771. The van der Waals surface area contributed by atoms with Crippen molar-refractivity contribution in [1.82, 2.24) is 4.31 Å². The zero-order valence-electron chi connectivity index (χ0n) is 10.8. The zero-order valence-corrected chi connectivity index (χ0v) is 14.8. The smallest absolute Gasteiger partial charge is 0.306 e. The number of aliphatic carboxylic acids is 1. The van der Waals surface area contributed by atoms with E-state index in [0.29, 0.717) is 4.47 Å². The summed E-state index contributed by atoms with van der Waals surface area (Å²) in [5, 5.41) is 8.79. The van der Waals surface area contributed by atoms with E-state index in [1.807, 2.05) is 0 Å². The zero-order chi connectivity index (χ0) is 15.6. The van der Waals surface area contributed by atoms with Crippen LogP contribution in [0.4, 0.5) is 0 Å². The summed E-state index contributed by atoms with van der Waals surface area (Å²) in [5.74, 6) is -1.01. The molecule has 0 amide bonds. The molecule has 1 aliphatic heterocycles. The van der Waals surface area contributed by atoms with Crippen molar-refractivity contribution in [2.75, 3.05) is 19.7 Å². The SMILES string of the molecule is O=C(O)CC1CN(S(=O)(=O)c2ccc(Br)cc2Br)CCO1. The maximum absolute atomic E-state index is 12.6. The lowest BCUT2D eigenvalue weighted by Gasteiger charge is -2.31. The molecule has 21 heavy (non-hydrogen) atoms. The number of hydrogen-bond acceptors (Lipinski definition) is 4. The lowest BCUT2D eigenvalue weighted by molar-refractivity contribution is -0.141. The van der Waals surface area contributed by atoms with Crippen LogP contribution in [0, 0.1) is 0 Å². The third-order valence-corrected chi connectivity index (χ3v) is 6.35. The van der Waals surface area contributed by atoms with E-state index in [4.69, 9.17) is 9.84 Å². The van der Waals surface area contributed by atoms with Crippen LogP contribution in [0.25, 0.3) is 0 Å². The molecule has 1 aromatic carbocycles. The third-order valence-electron chi connectivity index (χ3n) is 3.02. The first-order chi connectivity index (χ1) is 9.80. The van der Waals surface area contributed by atoms with Gasteiger partial charge in [-0.05, 0) is 34.1 Å². The molecule has 0 aromatic heterocycles. The topological polar surface area (TPSA) is 83.9 Å². The van der Waals surface area contributed by atoms with Gasteiger partial charge in [-0.15, -0.1) is 0 Å². The van der Waals surface area contributed by atoms with Crippen LogP contribution in [0.2, 0.25) is 0 Å². The van der Waals surface area contributed by atoms with Gasteiger partial charge in [0.25, 0.3) is 0 Å². The second kappa shape index (κ2) is 6.74. The molecule has 0 aliphatic carbocycles. The van der Waals surface area contributed by atoms with Crippen LogP contribution in [0.1, 0.15) is 6.42 Å². The predicted octanol–water partition coefficient (Wildman–Crippen LogP) is 2.08. The average molecular weight is 443 g/mol. The van der Waals surface area contributed by atoms with Crippen molar-refractivity contribution >= 4 is 47.9 Å². The first-order valence-corrected chi connectivity index (χ1v) is 9.12. The summed E-state index contributed by atoms with van der Waals surface area (Å²) < 4.78 is 33.0. The number of carboxylic acid groups (broad SMARTS) is 1. The predicted molar refractivity (Wildman–Crippen MR) is 82.6 cm³/mol. The highest BCUT2D eigenvalue weighted by Gasteiger charge is 2.32. The summed E-state index contributed by atoms with van der Waals surface area (Å²) in [6, 6.07) is 4.81. The van der Waals surface area contributed by atoms with Crippen LogP contribution in [0.15, 0.2) is 32.0 Å². The van der Waals surface area contributed by atoms with Gasteiger partial charge >= 0.3 is 5.97 Å². The molecule has 1 atom stereocenters. The van der Waals surface area contributed by atoms with E-state index in [1.54, 1.807) is 12.1 Å². The van der Waals surface area contributed by atoms with Gasteiger partial charge in [0, 0.05) is 22.0 Å². The standard InChI is InChI=1S/C12H13Br2NO5S/c13-8-1-2-11(10(14)5-8)21(18,19)15-3-4-20-9(7-15)6-12(16)17/h1-2,5,9H,3-4,6-7H2,(H,16,17). The largest absolute Gasteiger partial charge is 0.481 e. The van der Waals surface area contributed by atoms with Crippen LogP contribution >= 0.6 is 31.9 Å². The molecule has 1 fully saturated rings. The van der Waals surface area contributed by atoms with E-state index in [0.717, 1.165) is 4.47 Å². The van der Waals surface area contributed by atoms with Crippen LogP contribution in [-0.2, 0) is 19.6 Å². The maximum Gasteiger partial charge on any atom is 0.306 e. The van der Waals surface area contributed by atoms with Crippen molar-refractivity contribution in [1.29, 1.82) is 0 Å². The number of rotatable bonds is 4. The second-order valence-electron chi connectivity index (χ2n) is 4.53. The highest BCUT2D eigenvalue weighted by atomic mass is 79.9. The summed E-state index contributed by atoms with van der Waals surface area (Å²) in [4.78, 5) is 10.9. The van der Waals surface area contributed by atoms with Crippen molar-refractivity contribution in [3.05, 3.63) is 27.1 Å². The van der Waals surface area contributed by atoms with Crippen molar-refractivity contribution in [3.8, 4) is 0 Å². The highest BCUT2D eigenvalue weighted by molar-refractivity contribution is 9.11. The van der Waals surface area contributed by atoms with Crippen molar-refractivity contribution in [3.63, 3.8) is 0 Å². The number of hydrogen-bond donors (Lipinski definition) is 1. The van der Waals surface area contributed by atoms with Crippen LogP contribution < -0.4 is 0 Å². The van der Waals surface area contributed by atoms with Crippen LogP contribution in [0.3, 0.4) is 0 Å². The van der Waals surface area contributed by atoms with E-state index in [9.17, 15) is 13.2 Å². The van der Waals surface area contributed by atoms with Gasteiger partial charge in [-0.2, -0.15) is 4.31 Å². The van der Waals surface area contributed by atoms with Crippen LogP contribution in [0.5, 0.6) is 0 Å². The van der Waals surface area contributed by atoms with Crippen molar-refractivity contribution < 1.29 is 23.1 Å². The van der Waals surface area contributed by atoms with Gasteiger partial charge in [0.05, 0.1) is 24.0 Å². The molecule has 0 saturated carbocycles. The van der Waals surface area contributed by atoms with E-state index < -0.39 is 22.1 Å². The Bertz CT molecular complexity index is 649. The Morgan fingerprint density at radius 1 is 1.43 bits per heavy atom. The van der Waals surface area contributed by atoms with Crippen LogP contribution in [-0.4, -0.2) is 49.6 Å². The van der Waals surface area contributed by atoms with Gasteiger partial charge < -0.3 is 9.84 Å². The lowest BCUT2D eigenvalue weighted by atomic mass is 10.2. The van der Waals surface area contributed by atoms with Crippen molar-refractivity contribution in [2.24, 2.45) is 0 Å². The van der Waals surface area contributed by atoms with Gasteiger partial charge in [-0.25, -0.2) is 8.42 Å². The summed E-state index contributed by atoms with van der Waals surface area (Å²) in [5.41, 5.74) is 0. The van der Waals surface area contributed by atoms with Gasteiger partial charge in [0.15, 0.2) is 0 Å². The molecule has 1 unspecified atom stereocenters. The molecule has 1 saturated heterocycles. The van der Waals surface area contributed by atoms with E-state index in [1.165, 1.54) is 10.4 Å². The Morgan fingerprint density at radius 2 is 2.14 bits per heavy atom. The fourth-order valence-electron chi connectivity index (χ4n) is 2.05. The first kappa shape index (κ1) is 16.9. The molecular weight excluding hydrogens is 430 g/mol. The number of nitrogens with zero attached hydrogens (tertiary/aromatic N) is 1. The number of carbonyl (C=O) groups is 1. The maximum atomic E-state index is 12.6. The van der Waals surface area contributed by atoms with Gasteiger partial charge in [0.1, 0.15) is 0 Å². The number of ether oxygens (including phenoxy) is 1. The highest BCUT2D eigenvalue weighted by Crippen LogP contribution is 2.29. The van der Waals surface area contributed by atoms with Gasteiger partial charge in [-0.3, -0.25) is 4.79 Å². The minimum atomic E-state index is -3.69. The number of morpholine rings is 1. The number of sulfonamides is 1. The fraction of sp³-hybridized carbons (Fsp3) is 0.417. The summed E-state index contributed by atoms with van der Waals surface area (Å²) in [7, 11) is -3.69. The molecule has 1 aromatic rings. The molecule has 9 heteroatoms. The van der Waals surface area contributed by atoms with Gasteiger partial charge in [0.2, 0.25) is 10.0 Å². The minimum absolute atomic E-state index is 0.0388.